The van der Waals surface area contributed by atoms with E-state index in [4.69, 9.17) is 6.42 Å². The summed E-state index contributed by atoms with van der Waals surface area (Å²) in [6.45, 7) is 0.440. The van der Waals surface area contributed by atoms with Crippen LogP contribution in [-0.2, 0) is 4.79 Å². The van der Waals surface area contributed by atoms with Crippen molar-refractivity contribution in [3.63, 3.8) is 0 Å². The Morgan fingerprint density at radius 1 is 1.16 bits per heavy atom. The second kappa shape index (κ2) is 8.33. The molecule has 2 amide bonds. The van der Waals surface area contributed by atoms with Crippen molar-refractivity contribution in [3.8, 4) is 12.3 Å². The van der Waals surface area contributed by atoms with E-state index < -0.39 is 23.2 Å². The van der Waals surface area contributed by atoms with Crippen LogP contribution in [0.25, 0.3) is 0 Å². The summed E-state index contributed by atoms with van der Waals surface area (Å²) in [6.07, 6.45) is 7.06. The summed E-state index contributed by atoms with van der Waals surface area (Å²) < 4.78 is 26.2. The molecule has 0 aromatic heterocycles. The maximum absolute atomic E-state index is 13.4. The number of amides is 2. The van der Waals surface area contributed by atoms with Crippen LogP contribution in [0, 0.1) is 24.0 Å². The molecule has 6 nitrogen and oxygen atoms in total. The van der Waals surface area contributed by atoms with E-state index in [1.807, 2.05) is 0 Å². The standard InChI is InChI=1S/C17H18F2N4O2/c1-2-3-7-17(22-23-17)8-10-20-15(24)6-9-21-16(25)13-5-4-12(18)11-14(13)19/h1,4-5,11H,3,6-10H2,(H,20,24)(H,21,25). The average molecular weight is 348 g/mol. The fourth-order valence-electron chi connectivity index (χ4n) is 2.22. The Morgan fingerprint density at radius 3 is 2.56 bits per heavy atom. The third-order valence-electron chi connectivity index (χ3n) is 3.71. The van der Waals surface area contributed by atoms with Crippen LogP contribution in [0.1, 0.15) is 36.0 Å². The Labute approximate surface area is 144 Å². The van der Waals surface area contributed by atoms with E-state index in [-0.39, 0.29) is 24.4 Å². The molecule has 8 heteroatoms. The largest absolute Gasteiger partial charge is 0.356 e. The molecule has 1 aliphatic heterocycles. The van der Waals surface area contributed by atoms with Gasteiger partial charge in [0.25, 0.3) is 5.91 Å². The lowest BCUT2D eigenvalue weighted by Crippen LogP contribution is -2.32. The molecule has 0 spiro atoms. The van der Waals surface area contributed by atoms with Gasteiger partial charge in [0.2, 0.25) is 5.91 Å². The lowest BCUT2D eigenvalue weighted by molar-refractivity contribution is -0.120. The molecule has 0 bridgehead atoms. The molecule has 1 heterocycles. The summed E-state index contributed by atoms with van der Waals surface area (Å²) in [7, 11) is 0. The van der Waals surface area contributed by atoms with E-state index in [1.54, 1.807) is 0 Å². The van der Waals surface area contributed by atoms with Gasteiger partial charge in [-0.2, -0.15) is 10.2 Å². The summed E-state index contributed by atoms with van der Waals surface area (Å²) >= 11 is 0. The van der Waals surface area contributed by atoms with Crippen molar-refractivity contribution in [3.05, 3.63) is 35.4 Å². The molecule has 0 unspecified atom stereocenters. The highest BCUT2D eigenvalue weighted by molar-refractivity contribution is 5.94. The maximum Gasteiger partial charge on any atom is 0.254 e. The summed E-state index contributed by atoms with van der Waals surface area (Å²) in [4.78, 5) is 23.5. The SMILES string of the molecule is C#CCCC1(CCNC(=O)CCNC(=O)c2ccc(F)cc2F)N=N1. The molecule has 0 radical (unpaired) electrons. The minimum atomic E-state index is -0.948. The molecular formula is C17H18F2N4O2. The minimum absolute atomic E-state index is 0.0401. The van der Waals surface area contributed by atoms with Gasteiger partial charge in [0.1, 0.15) is 11.6 Å². The van der Waals surface area contributed by atoms with Gasteiger partial charge in [0, 0.05) is 44.8 Å². The van der Waals surface area contributed by atoms with Gasteiger partial charge >= 0.3 is 0 Å². The van der Waals surface area contributed by atoms with Crippen LogP contribution in [0.3, 0.4) is 0 Å². The number of terminal acetylenes is 1. The van der Waals surface area contributed by atoms with Gasteiger partial charge in [0.15, 0.2) is 5.66 Å². The molecule has 2 N–H and O–H groups in total. The van der Waals surface area contributed by atoms with E-state index in [1.165, 1.54) is 0 Å². The first kappa shape index (κ1) is 18.5. The van der Waals surface area contributed by atoms with Crippen molar-refractivity contribution in [2.45, 2.75) is 31.3 Å². The third kappa shape index (κ3) is 5.64. The summed E-state index contributed by atoms with van der Waals surface area (Å²) in [5.74, 6) is -0.139. The average Bonchev–Trinajstić information content (AvgIpc) is 3.33. The molecule has 0 fully saturated rings. The van der Waals surface area contributed by atoms with E-state index in [0.717, 1.165) is 12.1 Å². The molecule has 132 valence electrons. The number of carbonyl (C=O) groups excluding carboxylic acids is 2. The van der Waals surface area contributed by atoms with Gasteiger partial charge in [-0.3, -0.25) is 9.59 Å². The van der Waals surface area contributed by atoms with Crippen LogP contribution in [-0.4, -0.2) is 30.6 Å². The van der Waals surface area contributed by atoms with E-state index in [9.17, 15) is 18.4 Å². The van der Waals surface area contributed by atoms with Crippen LogP contribution in [0.5, 0.6) is 0 Å². The Hall–Kier alpha value is -2.82. The predicted octanol–water partition coefficient (Wildman–Crippen LogP) is 2.17. The highest BCUT2D eigenvalue weighted by Gasteiger charge is 2.38. The number of rotatable bonds is 9. The monoisotopic (exact) mass is 348 g/mol. The van der Waals surface area contributed by atoms with Crippen molar-refractivity contribution >= 4 is 11.8 Å². The van der Waals surface area contributed by atoms with Crippen LogP contribution >= 0.6 is 0 Å². The Kier molecular flexibility index (Phi) is 6.17. The van der Waals surface area contributed by atoms with E-state index in [0.29, 0.717) is 31.9 Å². The second-order valence-electron chi connectivity index (χ2n) is 5.62. The fraction of sp³-hybridized carbons (Fsp3) is 0.412. The first-order valence-corrected chi connectivity index (χ1v) is 7.83. The Morgan fingerprint density at radius 2 is 1.92 bits per heavy atom. The molecule has 2 rings (SSSR count). The zero-order valence-corrected chi connectivity index (χ0v) is 13.5. The van der Waals surface area contributed by atoms with Crippen molar-refractivity contribution < 1.29 is 18.4 Å². The molecule has 0 aliphatic carbocycles. The zero-order chi connectivity index (χ0) is 18.3. The highest BCUT2D eigenvalue weighted by atomic mass is 19.1. The number of nitrogens with one attached hydrogen (secondary N) is 2. The van der Waals surface area contributed by atoms with Gasteiger partial charge in [-0.1, -0.05) is 0 Å². The topological polar surface area (TPSA) is 82.9 Å². The number of carbonyl (C=O) groups is 2. The Balaban J connectivity index is 1.64. The molecule has 1 aromatic rings. The predicted molar refractivity (Wildman–Crippen MR) is 86.6 cm³/mol. The maximum atomic E-state index is 13.4. The second-order valence-corrected chi connectivity index (χ2v) is 5.62. The lowest BCUT2D eigenvalue weighted by atomic mass is 10.0. The van der Waals surface area contributed by atoms with Crippen LogP contribution in [0.4, 0.5) is 8.78 Å². The van der Waals surface area contributed by atoms with Crippen molar-refractivity contribution in [2.75, 3.05) is 13.1 Å². The van der Waals surface area contributed by atoms with Gasteiger partial charge in [-0.05, 0) is 12.1 Å². The molecule has 0 saturated carbocycles. The molecule has 0 saturated heterocycles. The fourth-order valence-corrected chi connectivity index (χ4v) is 2.22. The van der Waals surface area contributed by atoms with Gasteiger partial charge in [-0.25, -0.2) is 8.78 Å². The number of nitrogens with zero attached hydrogens (tertiary/aromatic N) is 2. The van der Waals surface area contributed by atoms with Crippen LogP contribution in [0.2, 0.25) is 0 Å². The van der Waals surface area contributed by atoms with Crippen molar-refractivity contribution in [1.82, 2.24) is 10.6 Å². The van der Waals surface area contributed by atoms with Gasteiger partial charge in [0.05, 0.1) is 5.56 Å². The van der Waals surface area contributed by atoms with Gasteiger partial charge in [-0.15, -0.1) is 12.3 Å². The first-order valence-electron chi connectivity index (χ1n) is 7.83. The van der Waals surface area contributed by atoms with Gasteiger partial charge < -0.3 is 10.6 Å². The minimum Gasteiger partial charge on any atom is -0.356 e. The smallest absolute Gasteiger partial charge is 0.254 e. The summed E-state index contributed by atoms with van der Waals surface area (Å²) in [5, 5.41) is 13.0. The highest BCUT2D eigenvalue weighted by Crippen LogP contribution is 2.35. The molecular weight excluding hydrogens is 330 g/mol. The van der Waals surface area contributed by atoms with Crippen LogP contribution in [0.15, 0.2) is 28.4 Å². The third-order valence-corrected chi connectivity index (χ3v) is 3.71. The number of hydrogen-bond acceptors (Lipinski definition) is 4. The zero-order valence-electron chi connectivity index (χ0n) is 13.5. The van der Waals surface area contributed by atoms with Crippen LogP contribution < -0.4 is 10.6 Å². The van der Waals surface area contributed by atoms with Crippen molar-refractivity contribution in [1.29, 1.82) is 0 Å². The number of hydrogen-bond donors (Lipinski definition) is 2. The molecule has 1 aromatic carbocycles. The summed E-state index contributed by atoms with van der Waals surface area (Å²) in [6, 6.07) is 2.68. The molecule has 1 aliphatic rings. The van der Waals surface area contributed by atoms with E-state index >= 15 is 0 Å². The first-order chi connectivity index (χ1) is 12.0. The normalized spacial score (nSPS) is 13.8. The quantitative estimate of drug-likeness (QED) is 0.671. The molecule has 25 heavy (non-hydrogen) atoms. The van der Waals surface area contributed by atoms with Crippen molar-refractivity contribution in [2.24, 2.45) is 10.2 Å². The Bertz CT molecular complexity index is 722. The van der Waals surface area contributed by atoms with E-state index in [2.05, 4.69) is 26.8 Å². The lowest BCUT2D eigenvalue weighted by Gasteiger charge is -2.10. The number of benzene rings is 1. The molecule has 0 atom stereocenters. The number of halogens is 2. The summed E-state index contributed by atoms with van der Waals surface area (Å²) in [5.41, 5.74) is -0.720.